The first-order valence-corrected chi connectivity index (χ1v) is 7.27. The zero-order valence-electron chi connectivity index (χ0n) is 12.1. The molecule has 0 spiro atoms. The zero-order valence-corrected chi connectivity index (χ0v) is 12.1. The largest absolute Gasteiger partial charge is 0.470 e. The van der Waals surface area contributed by atoms with E-state index in [0.29, 0.717) is 12.4 Å². The van der Waals surface area contributed by atoms with Crippen LogP contribution >= 0.6 is 0 Å². The minimum Gasteiger partial charge on any atom is -0.470 e. The zero-order chi connectivity index (χ0) is 14.7. The van der Waals surface area contributed by atoms with Crippen LogP contribution in [0.1, 0.15) is 12.8 Å². The molecule has 0 radical (unpaired) electrons. The fourth-order valence-electron chi connectivity index (χ4n) is 3.08. The van der Waals surface area contributed by atoms with Gasteiger partial charge in [0.25, 0.3) is 0 Å². The van der Waals surface area contributed by atoms with Gasteiger partial charge >= 0.3 is 0 Å². The Kier molecular flexibility index (Phi) is 4.36. The lowest BCUT2D eigenvalue weighted by molar-refractivity contribution is -0.138. The van der Waals surface area contributed by atoms with Gasteiger partial charge in [-0.25, -0.2) is 4.98 Å². The Morgan fingerprint density at radius 2 is 2.43 bits per heavy atom. The SMILES string of the molecule is COCC(=O)N1C[C@@H](Oc2ccccn2)[C@@H]2OCCC[C@@H]21. The Labute approximate surface area is 124 Å². The number of hydrogen-bond donors (Lipinski definition) is 0. The van der Waals surface area contributed by atoms with Crippen LogP contribution in [0.25, 0.3) is 0 Å². The van der Waals surface area contributed by atoms with E-state index in [9.17, 15) is 4.79 Å². The molecule has 3 atom stereocenters. The lowest BCUT2D eigenvalue weighted by Gasteiger charge is -2.31. The van der Waals surface area contributed by atoms with Gasteiger partial charge in [0.1, 0.15) is 18.8 Å². The Bertz CT molecular complexity index is 482. The second-order valence-electron chi connectivity index (χ2n) is 5.35. The van der Waals surface area contributed by atoms with Gasteiger partial charge in [-0.2, -0.15) is 0 Å². The quantitative estimate of drug-likeness (QED) is 0.824. The normalized spacial score (nSPS) is 28.2. The second-order valence-corrected chi connectivity index (χ2v) is 5.35. The van der Waals surface area contributed by atoms with Crippen molar-refractivity contribution in [1.29, 1.82) is 0 Å². The van der Waals surface area contributed by atoms with Gasteiger partial charge in [-0.1, -0.05) is 6.07 Å². The summed E-state index contributed by atoms with van der Waals surface area (Å²) in [7, 11) is 1.53. The van der Waals surface area contributed by atoms with Crippen molar-refractivity contribution in [3.05, 3.63) is 24.4 Å². The first kappa shape index (κ1) is 14.3. The van der Waals surface area contributed by atoms with E-state index < -0.39 is 0 Å². The van der Waals surface area contributed by atoms with Gasteiger partial charge in [-0.3, -0.25) is 4.79 Å². The molecule has 114 valence electrons. The van der Waals surface area contributed by atoms with Crippen LogP contribution in [0.2, 0.25) is 0 Å². The number of amides is 1. The van der Waals surface area contributed by atoms with Gasteiger partial charge < -0.3 is 19.1 Å². The van der Waals surface area contributed by atoms with Gasteiger partial charge in [0.05, 0.1) is 12.6 Å². The van der Waals surface area contributed by atoms with Crippen LogP contribution in [-0.4, -0.2) is 60.9 Å². The monoisotopic (exact) mass is 292 g/mol. The Balaban J connectivity index is 1.73. The molecule has 0 aromatic carbocycles. The Morgan fingerprint density at radius 1 is 1.52 bits per heavy atom. The number of hydrogen-bond acceptors (Lipinski definition) is 5. The second kappa shape index (κ2) is 6.41. The molecule has 21 heavy (non-hydrogen) atoms. The molecule has 2 aliphatic rings. The van der Waals surface area contributed by atoms with Crippen molar-refractivity contribution in [2.45, 2.75) is 31.1 Å². The maximum atomic E-state index is 12.2. The van der Waals surface area contributed by atoms with E-state index in [4.69, 9.17) is 14.2 Å². The lowest BCUT2D eigenvalue weighted by Crippen LogP contribution is -2.45. The third-order valence-electron chi connectivity index (χ3n) is 3.98. The first-order chi connectivity index (χ1) is 10.3. The molecule has 0 aliphatic carbocycles. The fourth-order valence-corrected chi connectivity index (χ4v) is 3.08. The summed E-state index contributed by atoms with van der Waals surface area (Å²) in [6.07, 6.45) is 3.35. The van der Waals surface area contributed by atoms with Crippen LogP contribution in [0.5, 0.6) is 5.88 Å². The van der Waals surface area contributed by atoms with Crippen molar-refractivity contribution in [3.8, 4) is 5.88 Å². The lowest BCUT2D eigenvalue weighted by atomic mass is 10.0. The maximum Gasteiger partial charge on any atom is 0.249 e. The Morgan fingerprint density at radius 3 is 3.19 bits per heavy atom. The van der Waals surface area contributed by atoms with E-state index in [1.165, 1.54) is 7.11 Å². The van der Waals surface area contributed by atoms with E-state index in [2.05, 4.69) is 4.98 Å². The third-order valence-corrected chi connectivity index (χ3v) is 3.98. The number of ether oxygens (including phenoxy) is 3. The van der Waals surface area contributed by atoms with Crippen LogP contribution in [0.3, 0.4) is 0 Å². The van der Waals surface area contributed by atoms with Crippen LogP contribution < -0.4 is 4.74 Å². The van der Waals surface area contributed by atoms with Crippen molar-refractivity contribution < 1.29 is 19.0 Å². The van der Waals surface area contributed by atoms with E-state index in [1.54, 1.807) is 6.20 Å². The van der Waals surface area contributed by atoms with E-state index in [-0.39, 0.29) is 30.8 Å². The maximum absolute atomic E-state index is 12.2. The van der Waals surface area contributed by atoms with Crippen molar-refractivity contribution in [1.82, 2.24) is 9.88 Å². The molecule has 2 aliphatic heterocycles. The molecular formula is C15H20N2O4. The minimum absolute atomic E-state index is 0.00915. The first-order valence-electron chi connectivity index (χ1n) is 7.27. The number of carbonyl (C=O) groups excluding carboxylic acids is 1. The van der Waals surface area contributed by atoms with E-state index >= 15 is 0 Å². The number of likely N-dealkylation sites (tertiary alicyclic amines) is 1. The van der Waals surface area contributed by atoms with Crippen molar-refractivity contribution >= 4 is 5.91 Å². The highest BCUT2D eigenvalue weighted by atomic mass is 16.6. The fraction of sp³-hybridized carbons (Fsp3) is 0.600. The van der Waals surface area contributed by atoms with E-state index in [0.717, 1.165) is 19.4 Å². The van der Waals surface area contributed by atoms with Gasteiger partial charge in [0.15, 0.2) is 0 Å². The molecule has 3 rings (SSSR count). The summed E-state index contributed by atoms with van der Waals surface area (Å²) in [5.41, 5.74) is 0. The summed E-state index contributed by atoms with van der Waals surface area (Å²) < 4.78 is 16.8. The number of carbonyl (C=O) groups is 1. The average Bonchev–Trinajstić information content (AvgIpc) is 2.88. The summed E-state index contributed by atoms with van der Waals surface area (Å²) in [6, 6.07) is 5.62. The standard InChI is InChI=1S/C15H20N2O4/c1-19-10-14(18)17-9-12(15-11(17)5-4-8-20-15)21-13-6-2-3-7-16-13/h2-3,6-7,11-12,15H,4-5,8-10H2,1H3/t11-,12+,15+/m0/s1. The van der Waals surface area contributed by atoms with Crippen LogP contribution in [0.4, 0.5) is 0 Å². The molecule has 0 saturated carbocycles. The molecule has 2 saturated heterocycles. The predicted octanol–water partition coefficient (Wildman–Crippen LogP) is 0.865. The number of nitrogens with zero attached hydrogens (tertiary/aromatic N) is 2. The van der Waals surface area contributed by atoms with Gasteiger partial charge in [0, 0.05) is 26.0 Å². The number of rotatable bonds is 4. The highest BCUT2D eigenvalue weighted by Gasteiger charge is 2.47. The molecule has 1 aromatic rings. The van der Waals surface area contributed by atoms with Gasteiger partial charge in [-0.05, 0) is 18.9 Å². The minimum atomic E-state index is -0.175. The number of methoxy groups -OCH3 is 1. The molecular weight excluding hydrogens is 272 g/mol. The van der Waals surface area contributed by atoms with Crippen LogP contribution in [0.15, 0.2) is 24.4 Å². The predicted molar refractivity (Wildman–Crippen MR) is 75.0 cm³/mol. The van der Waals surface area contributed by atoms with Gasteiger partial charge in [0.2, 0.25) is 11.8 Å². The highest BCUT2D eigenvalue weighted by molar-refractivity contribution is 5.78. The van der Waals surface area contributed by atoms with Gasteiger partial charge in [-0.15, -0.1) is 0 Å². The van der Waals surface area contributed by atoms with E-state index in [1.807, 2.05) is 23.1 Å². The molecule has 1 amide bonds. The molecule has 0 unspecified atom stereocenters. The molecule has 6 nitrogen and oxygen atoms in total. The average molecular weight is 292 g/mol. The molecule has 6 heteroatoms. The summed E-state index contributed by atoms with van der Waals surface area (Å²) in [5.74, 6) is 0.557. The number of fused-ring (bicyclic) bond motifs is 1. The third kappa shape index (κ3) is 3.01. The molecule has 0 bridgehead atoms. The Hall–Kier alpha value is -1.66. The molecule has 1 aromatic heterocycles. The van der Waals surface area contributed by atoms with Crippen molar-refractivity contribution in [2.24, 2.45) is 0 Å². The van der Waals surface area contributed by atoms with Crippen molar-refractivity contribution in [3.63, 3.8) is 0 Å². The van der Waals surface area contributed by atoms with Crippen molar-refractivity contribution in [2.75, 3.05) is 26.9 Å². The molecule has 3 heterocycles. The molecule has 2 fully saturated rings. The van der Waals surface area contributed by atoms with Crippen LogP contribution in [0, 0.1) is 0 Å². The summed E-state index contributed by atoms with van der Waals surface area (Å²) >= 11 is 0. The highest BCUT2D eigenvalue weighted by Crippen LogP contribution is 2.31. The summed E-state index contributed by atoms with van der Waals surface area (Å²) in [6.45, 7) is 1.34. The number of aromatic nitrogens is 1. The summed E-state index contributed by atoms with van der Waals surface area (Å²) in [4.78, 5) is 18.2. The number of pyridine rings is 1. The van der Waals surface area contributed by atoms with Crippen LogP contribution in [-0.2, 0) is 14.3 Å². The summed E-state index contributed by atoms with van der Waals surface area (Å²) in [5, 5.41) is 0. The topological polar surface area (TPSA) is 60.9 Å². The molecule has 0 N–H and O–H groups in total. The smallest absolute Gasteiger partial charge is 0.249 e.